The lowest BCUT2D eigenvalue weighted by Gasteiger charge is -2.42. The Labute approximate surface area is 131 Å². The topological polar surface area (TPSA) is 89.2 Å². The maximum absolute atomic E-state index is 10.8. The second-order valence-electron chi connectivity index (χ2n) is 5.08. The van der Waals surface area contributed by atoms with Gasteiger partial charge in [-0.05, 0) is 41.4 Å². The zero-order valence-corrected chi connectivity index (χ0v) is 13.3. The largest absolute Gasteiger partial charge is 0.480 e. The predicted molar refractivity (Wildman–Crippen MR) is 82.0 cm³/mol. The van der Waals surface area contributed by atoms with E-state index in [2.05, 4.69) is 32.3 Å². The van der Waals surface area contributed by atoms with Crippen molar-refractivity contribution in [3.05, 3.63) is 22.3 Å². The highest BCUT2D eigenvalue weighted by atomic mass is 79.9. The third-order valence-electron chi connectivity index (χ3n) is 3.69. The second kappa shape index (κ2) is 6.87. The molecule has 0 aliphatic heterocycles. The number of anilines is 1. The molecule has 7 heteroatoms. The molecule has 21 heavy (non-hydrogen) atoms. The number of carboxylic acid groups (broad SMARTS) is 1. The molecule has 2 rings (SSSR count). The molecule has 0 aromatic carbocycles. The summed E-state index contributed by atoms with van der Waals surface area (Å²) < 4.78 is 0.773. The van der Waals surface area contributed by atoms with E-state index in [1.807, 2.05) is 11.8 Å². The second-order valence-corrected chi connectivity index (χ2v) is 6.00. The first-order valence-electron chi connectivity index (χ1n) is 6.81. The fourth-order valence-electron chi connectivity index (χ4n) is 2.51. The molecule has 0 atom stereocenters. The number of rotatable bonds is 6. The Morgan fingerprint density at radius 3 is 2.95 bits per heavy atom. The normalized spacial score (nSPS) is 20.7. The van der Waals surface area contributed by atoms with Crippen molar-refractivity contribution in [2.75, 3.05) is 18.4 Å². The first-order chi connectivity index (χ1) is 10.0. The molecular weight excluding hydrogens is 336 g/mol. The fraction of sp³-hybridized carbons (Fsp3) is 0.500. The van der Waals surface area contributed by atoms with Gasteiger partial charge in [0.1, 0.15) is 11.9 Å². The molecule has 1 fully saturated rings. The van der Waals surface area contributed by atoms with Gasteiger partial charge in [0.2, 0.25) is 0 Å². The molecule has 2 N–H and O–H groups in total. The van der Waals surface area contributed by atoms with Gasteiger partial charge in [0.25, 0.3) is 0 Å². The standard InChI is InChI=1S/C14H17BrN4O2/c1-2-19(8-13(20)21)12-4-11(5-12)18-14-9(6-16)3-10(15)7-17-14/h3,7,11-12H,2,4-5,8H2,1H3,(H,17,18)(H,20,21). The molecule has 0 amide bonds. The number of nitrogens with zero attached hydrogens (tertiary/aromatic N) is 3. The Kier molecular flexibility index (Phi) is 5.15. The van der Waals surface area contributed by atoms with Crippen LogP contribution >= 0.6 is 15.9 Å². The molecule has 0 radical (unpaired) electrons. The summed E-state index contributed by atoms with van der Waals surface area (Å²) in [6.45, 7) is 2.77. The van der Waals surface area contributed by atoms with Gasteiger partial charge in [0, 0.05) is 22.8 Å². The number of halogens is 1. The van der Waals surface area contributed by atoms with E-state index in [9.17, 15) is 4.79 Å². The molecule has 0 spiro atoms. The molecule has 0 unspecified atom stereocenters. The van der Waals surface area contributed by atoms with E-state index in [4.69, 9.17) is 10.4 Å². The van der Waals surface area contributed by atoms with Crippen LogP contribution in [0.25, 0.3) is 0 Å². The quantitative estimate of drug-likeness (QED) is 0.814. The van der Waals surface area contributed by atoms with E-state index in [1.54, 1.807) is 12.3 Å². The molecular formula is C14H17BrN4O2. The Balaban J connectivity index is 1.91. The van der Waals surface area contributed by atoms with Crippen molar-refractivity contribution in [3.8, 4) is 6.07 Å². The van der Waals surface area contributed by atoms with E-state index in [0.29, 0.717) is 11.4 Å². The number of carboxylic acids is 1. The van der Waals surface area contributed by atoms with Crippen LogP contribution in [0.2, 0.25) is 0 Å². The number of pyridine rings is 1. The number of nitriles is 1. The molecule has 1 aromatic heterocycles. The van der Waals surface area contributed by atoms with Gasteiger partial charge in [-0.2, -0.15) is 5.26 Å². The van der Waals surface area contributed by atoms with Crippen LogP contribution in [0.15, 0.2) is 16.7 Å². The van der Waals surface area contributed by atoms with Gasteiger partial charge in [-0.15, -0.1) is 0 Å². The first-order valence-corrected chi connectivity index (χ1v) is 7.60. The lowest BCUT2D eigenvalue weighted by molar-refractivity contribution is -0.139. The van der Waals surface area contributed by atoms with Crippen molar-refractivity contribution in [1.29, 1.82) is 5.26 Å². The van der Waals surface area contributed by atoms with E-state index in [0.717, 1.165) is 23.9 Å². The van der Waals surface area contributed by atoms with Crippen LogP contribution in [0.5, 0.6) is 0 Å². The zero-order chi connectivity index (χ0) is 15.4. The van der Waals surface area contributed by atoms with Crippen LogP contribution in [0, 0.1) is 11.3 Å². The smallest absolute Gasteiger partial charge is 0.317 e. The monoisotopic (exact) mass is 352 g/mol. The van der Waals surface area contributed by atoms with Crippen LogP contribution in [0.1, 0.15) is 25.3 Å². The van der Waals surface area contributed by atoms with E-state index in [1.165, 1.54) is 0 Å². The summed E-state index contributed by atoms with van der Waals surface area (Å²) in [4.78, 5) is 17.0. The van der Waals surface area contributed by atoms with Gasteiger partial charge in [0.15, 0.2) is 0 Å². The Hall–Kier alpha value is -1.65. The summed E-state index contributed by atoms with van der Waals surface area (Å²) >= 11 is 3.29. The van der Waals surface area contributed by atoms with E-state index in [-0.39, 0.29) is 18.6 Å². The Bertz CT molecular complexity index is 567. The van der Waals surface area contributed by atoms with Gasteiger partial charge < -0.3 is 10.4 Å². The third-order valence-corrected chi connectivity index (χ3v) is 4.12. The first kappa shape index (κ1) is 15.7. The van der Waals surface area contributed by atoms with Crippen LogP contribution in [0.4, 0.5) is 5.82 Å². The molecule has 0 bridgehead atoms. The van der Waals surface area contributed by atoms with Crippen molar-refractivity contribution in [1.82, 2.24) is 9.88 Å². The van der Waals surface area contributed by atoms with Crippen molar-refractivity contribution >= 4 is 27.7 Å². The number of likely N-dealkylation sites (N-methyl/N-ethyl adjacent to an activating group) is 1. The lowest BCUT2D eigenvalue weighted by atomic mass is 9.85. The minimum atomic E-state index is -0.797. The highest BCUT2D eigenvalue weighted by Crippen LogP contribution is 2.29. The summed E-state index contributed by atoms with van der Waals surface area (Å²) in [5.74, 6) is -0.208. The summed E-state index contributed by atoms with van der Waals surface area (Å²) in [5.41, 5.74) is 0.505. The predicted octanol–water partition coefficient (Wildman–Crippen LogP) is 2.07. The summed E-state index contributed by atoms with van der Waals surface area (Å²) in [6, 6.07) is 4.37. The molecule has 1 heterocycles. The average Bonchev–Trinajstić information content (AvgIpc) is 2.41. The minimum Gasteiger partial charge on any atom is -0.480 e. The molecule has 1 aliphatic carbocycles. The Morgan fingerprint density at radius 2 is 2.38 bits per heavy atom. The number of hydrogen-bond donors (Lipinski definition) is 2. The average molecular weight is 353 g/mol. The molecule has 1 aliphatic rings. The maximum atomic E-state index is 10.8. The van der Waals surface area contributed by atoms with Crippen LogP contribution < -0.4 is 5.32 Å². The van der Waals surface area contributed by atoms with Crippen molar-refractivity contribution in [2.24, 2.45) is 0 Å². The highest BCUT2D eigenvalue weighted by molar-refractivity contribution is 9.10. The number of aromatic nitrogens is 1. The molecule has 6 nitrogen and oxygen atoms in total. The maximum Gasteiger partial charge on any atom is 0.317 e. The van der Waals surface area contributed by atoms with Gasteiger partial charge >= 0.3 is 5.97 Å². The van der Waals surface area contributed by atoms with Gasteiger partial charge in [-0.3, -0.25) is 9.69 Å². The zero-order valence-electron chi connectivity index (χ0n) is 11.7. The van der Waals surface area contributed by atoms with Crippen molar-refractivity contribution in [2.45, 2.75) is 31.8 Å². The number of aliphatic carboxylic acids is 1. The van der Waals surface area contributed by atoms with Crippen LogP contribution in [-0.4, -0.2) is 46.1 Å². The van der Waals surface area contributed by atoms with Crippen LogP contribution in [-0.2, 0) is 4.79 Å². The lowest BCUT2D eigenvalue weighted by Crippen LogP contribution is -2.51. The van der Waals surface area contributed by atoms with Crippen molar-refractivity contribution in [3.63, 3.8) is 0 Å². The summed E-state index contributed by atoms with van der Waals surface area (Å²) in [6.07, 6.45) is 3.38. The van der Waals surface area contributed by atoms with Gasteiger partial charge in [-0.25, -0.2) is 4.98 Å². The minimum absolute atomic E-state index is 0.0772. The SMILES string of the molecule is CCN(CC(=O)O)C1CC(Nc2ncc(Br)cc2C#N)C1. The number of hydrogen-bond acceptors (Lipinski definition) is 5. The molecule has 0 saturated heterocycles. The highest BCUT2D eigenvalue weighted by Gasteiger charge is 2.34. The summed E-state index contributed by atoms with van der Waals surface area (Å²) in [7, 11) is 0. The number of nitrogens with one attached hydrogen (secondary N) is 1. The Morgan fingerprint density at radius 1 is 1.67 bits per heavy atom. The molecule has 1 aromatic rings. The van der Waals surface area contributed by atoms with Gasteiger partial charge in [0.05, 0.1) is 12.1 Å². The van der Waals surface area contributed by atoms with Crippen LogP contribution in [0.3, 0.4) is 0 Å². The molecule has 112 valence electrons. The van der Waals surface area contributed by atoms with E-state index < -0.39 is 5.97 Å². The van der Waals surface area contributed by atoms with E-state index >= 15 is 0 Å². The van der Waals surface area contributed by atoms with Crippen molar-refractivity contribution < 1.29 is 9.90 Å². The molecule has 1 saturated carbocycles. The summed E-state index contributed by atoms with van der Waals surface area (Å²) in [5, 5.41) is 21.2. The third kappa shape index (κ3) is 3.93. The van der Waals surface area contributed by atoms with Gasteiger partial charge in [-0.1, -0.05) is 6.92 Å². The fourth-order valence-corrected chi connectivity index (χ4v) is 2.84. The number of carbonyl (C=O) groups is 1.